The number of benzene rings is 1. The molecule has 0 atom stereocenters. The van der Waals surface area contributed by atoms with Gasteiger partial charge >= 0.3 is 0 Å². The number of phenolic OH excluding ortho intramolecular Hbond substituents is 1. The van der Waals surface area contributed by atoms with Gasteiger partial charge < -0.3 is 36.2 Å². The number of rotatable bonds is 12. The predicted molar refractivity (Wildman–Crippen MR) is 91.2 cm³/mol. The van der Waals surface area contributed by atoms with Gasteiger partial charge in [-0.2, -0.15) is 0 Å². The number of unbranched alkanes of at least 4 members (excludes halogenated alkanes) is 2. The maximum absolute atomic E-state index is 10.2. The average molecular weight is 342 g/mol. The van der Waals surface area contributed by atoms with Gasteiger partial charge in [-0.25, -0.2) is 0 Å². The molecule has 0 saturated heterocycles. The molecule has 1 rings (SSSR count). The molecule has 7 N–H and O–H groups in total. The second kappa shape index (κ2) is 11.4. The van der Waals surface area contributed by atoms with Gasteiger partial charge in [0.1, 0.15) is 5.75 Å². The molecule has 0 radical (unpaired) electrons. The van der Waals surface area contributed by atoms with E-state index >= 15 is 0 Å². The van der Waals surface area contributed by atoms with Gasteiger partial charge in [0.25, 0.3) is 0 Å². The van der Waals surface area contributed by atoms with Gasteiger partial charge in [0, 0.05) is 31.7 Å². The topological polar surface area (TPSA) is 125 Å². The zero-order valence-corrected chi connectivity index (χ0v) is 14.2. The Hall–Kier alpha value is -1.22. The van der Waals surface area contributed by atoms with Crippen molar-refractivity contribution in [2.45, 2.75) is 58.3 Å². The van der Waals surface area contributed by atoms with Crippen molar-refractivity contribution in [3.8, 4) is 5.75 Å². The summed E-state index contributed by atoms with van der Waals surface area (Å²) >= 11 is 0. The van der Waals surface area contributed by atoms with E-state index in [1.807, 2.05) is 6.07 Å². The van der Waals surface area contributed by atoms with Crippen molar-refractivity contribution in [3.05, 3.63) is 28.8 Å². The maximum atomic E-state index is 10.2. The first-order valence-electron chi connectivity index (χ1n) is 8.41. The summed E-state index contributed by atoms with van der Waals surface area (Å²) in [5.41, 5.74) is 2.73. The molecule has 0 amide bonds. The van der Waals surface area contributed by atoms with E-state index in [0.29, 0.717) is 18.7 Å². The van der Waals surface area contributed by atoms with E-state index in [-0.39, 0.29) is 18.8 Å². The second-order valence-corrected chi connectivity index (χ2v) is 5.93. The summed E-state index contributed by atoms with van der Waals surface area (Å²) in [6.07, 6.45) is 1.32. The first-order valence-corrected chi connectivity index (χ1v) is 8.41. The summed E-state index contributed by atoms with van der Waals surface area (Å²) < 4.78 is 0. The molecular formula is C17H30N2O5. The minimum atomic E-state index is -1.43. The highest BCUT2D eigenvalue weighted by atomic mass is 16.5. The first kappa shape index (κ1) is 20.8. The average Bonchev–Trinajstić information content (AvgIpc) is 2.50. The first-order chi connectivity index (χ1) is 11.4. The molecule has 7 heteroatoms. The van der Waals surface area contributed by atoms with Gasteiger partial charge in [-0.3, -0.25) is 0 Å². The summed E-state index contributed by atoms with van der Waals surface area (Å²) in [5, 5.41) is 51.5. The van der Waals surface area contributed by atoms with Crippen LogP contribution in [-0.4, -0.2) is 51.2 Å². The Balaban J connectivity index is 2.80. The molecule has 0 aromatic heterocycles. The molecule has 1 aromatic carbocycles. The van der Waals surface area contributed by atoms with Crippen molar-refractivity contribution >= 4 is 0 Å². The molecule has 0 saturated carbocycles. The van der Waals surface area contributed by atoms with Gasteiger partial charge in [0.05, 0.1) is 0 Å². The van der Waals surface area contributed by atoms with Crippen LogP contribution in [0.15, 0.2) is 12.1 Å². The van der Waals surface area contributed by atoms with Crippen molar-refractivity contribution in [1.29, 1.82) is 0 Å². The number of aliphatic hydroxyl groups is 4. The molecule has 0 unspecified atom stereocenters. The Labute approximate surface area is 143 Å². The molecule has 0 fully saturated rings. The third-order valence-corrected chi connectivity index (χ3v) is 3.74. The standard InChI is InChI=1S/C17H30N2O5/c1-2-3-4-5-12-6-14(9-19-11-17(23)24)15(20)7-13(12)8-18-10-16(21)22/h6-7,16-24H,2-5,8-11H2,1H3. The highest BCUT2D eigenvalue weighted by Crippen LogP contribution is 2.24. The monoisotopic (exact) mass is 342 g/mol. The Bertz CT molecular complexity index is 480. The molecule has 0 aliphatic rings. The van der Waals surface area contributed by atoms with E-state index < -0.39 is 12.6 Å². The van der Waals surface area contributed by atoms with E-state index in [0.717, 1.165) is 36.8 Å². The highest BCUT2D eigenvalue weighted by molar-refractivity contribution is 5.42. The minimum absolute atomic E-state index is 0.0301. The van der Waals surface area contributed by atoms with Crippen molar-refractivity contribution in [2.75, 3.05) is 13.1 Å². The number of aryl methyl sites for hydroxylation is 1. The van der Waals surface area contributed by atoms with Crippen molar-refractivity contribution < 1.29 is 25.5 Å². The normalized spacial score (nSPS) is 11.6. The van der Waals surface area contributed by atoms with Gasteiger partial charge in [0.2, 0.25) is 0 Å². The van der Waals surface area contributed by atoms with Crippen LogP contribution in [0.3, 0.4) is 0 Å². The summed E-state index contributed by atoms with van der Waals surface area (Å²) in [7, 11) is 0. The smallest absolute Gasteiger partial charge is 0.164 e. The summed E-state index contributed by atoms with van der Waals surface area (Å²) in [6.45, 7) is 3.01. The lowest BCUT2D eigenvalue weighted by atomic mass is 9.97. The third-order valence-electron chi connectivity index (χ3n) is 3.74. The molecule has 0 aliphatic carbocycles. The molecule has 0 bridgehead atoms. The lowest BCUT2D eigenvalue weighted by Crippen LogP contribution is -2.27. The quantitative estimate of drug-likeness (QED) is 0.209. The zero-order chi connectivity index (χ0) is 17.9. The number of aromatic hydroxyl groups is 1. The van der Waals surface area contributed by atoms with Crippen LogP contribution in [0.25, 0.3) is 0 Å². The van der Waals surface area contributed by atoms with Crippen LogP contribution in [0.4, 0.5) is 0 Å². The van der Waals surface area contributed by atoms with Crippen LogP contribution in [0, 0.1) is 0 Å². The van der Waals surface area contributed by atoms with E-state index in [4.69, 9.17) is 20.4 Å². The number of phenols is 1. The number of hydrogen-bond acceptors (Lipinski definition) is 7. The van der Waals surface area contributed by atoms with Crippen LogP contribution < -0.4 is 10.6 Å². The molecule has 138 valence electrons. The van der Waals surface area contributed by atoms with E-state index in [1.165, 1.54) is 0 Å². The Morgan fingerprint density at radius 2 is 1.42 bits per heavy atom. The van der Waals surface area contributed by atoms with Crippen molar-refractivity contribution in [1.82, 2.24) is 10.6 Å². The fourth-order valence-electron chi connectivity index (χ4n) is 2.50. The third kappa shape index (κ3) is 8.05. The Kier molecular flexibility index (Phi) is 9.85. The van der Waals surface area contributed by atoms with Crippen LogP contribution in [-0.2, 0) is 19.5 Å². The summed E-state index contributed by atoms with van der Waals surface area (Å²) in [4.78, 5) is 0. The number of nitrogens with one attached hydrogen (secondary N) is 2. The fourth-order valence-corrected chi connectivity index (χ4v) is 2.50. The van der Waals surface area contributed by atoms with Crippen LogP contribution in [0.2, 0.25) is 0 Å². The molecule has 0 aliphatic heterocycles. The molecule has 24 heavy (non-hydrogen) atoms. The Morgan fingerprint density at radius 1 is 0.833 bits per heavy atom. The zero-order valence-electron chi connectivity index (χ0n) is 14.2. The Morgan fingerprint density at radius 3 is 1.96 bits per heavy atom. The number of hydrogen-bond donors (Lipinski definition) is 7. The predicted octanol–water partition coefficient (Wildman–Crippen LogP) is -0.0745. The van der Waals surface area contributed by atoms with Gasteiger partial charge in [-0.15, -0.1) is 0 Å². The van der Waals surface area contributed by atoms with Crippen LogP contribution in [0.5, 0.6) is 5.75 Å². The largest absolute Gasteiger partial charge is 0.508 e. The highest BCUT2D eigenvalue weighted by Gasteiger charge is 2.10. The van der Waals surface area contributed by atoms with Gasteiger partial charge in [0.15, 0.2) is 12.6 Å². The van der Waals surface area contributed by atoms with E-state index in [9.17, 15) is 5.11 Å². The lowest BCUT2D eigenvalue weighted by Gasteiger charge is -2.16. The van der Waals surface area contributed by atoms with Crippen LogP contribution in [0.1, 0.15) is 42.9 Å². The SMILES string of the molecule is CCCCCc1cc(CNCC(O)O)c(O)cc1CNCC(O)O. The number of aliphatic hydroxyl groups excluding tert-OH is 2. The molecular weight excluding hydrogens is 312 g/mol. The maximum Gasteiger partial charge on any atom is 0.164 e. The van der Waals surface area contributed by atoms with Gasteiger partial charge in [-0.05, 0) is 30.0 Å². The fraction of sp³-hybridized carbons (Fsp3) is 0.647. The van der Waals surface area contributed by atoms with E-state index in [1.54, 1.807) is 6.07 Å². The second-order valence-electron chi connectivity index (χ2n) is 5.93. The van der Waals surface area contributed by atoms with Crippen molar-refractivity contribution in [2.24, 2.45) is 0 Å². The molecule has 7 nitrogen and oxygen atoms in total. The van der Waals surface area contributed by atoms with Crippen LogP contribution >= 0.6 is 0 Å². The van der Waals surface area contributed by atoms with Gasteiger partial charge in [-0.1, -0.05) is 25.8 Å². The molecule has 0 spiro atoms. The lowest BCUT2D eigenvalue weighted by molar-refractivity contribution is -0.0380. The molecule has 0 heterocycles. The summed E-state index contributed by atoms with van der Waals surface area (Å²) in [5.74, 6) is 0.135. The molecule has 1 aromatic rings. The summed E-state index contributed by atoms with van der Waals surface area (Å²) in [6, 6.07) is 3.61. The minimum Gasteiger partial charge on any atom is -0.508 e. The van der Waals surface area contributed by atoms with Crippen molar-refractivity contribution in [3.63, 3.8) is 0 Å². The van der Waals surface area contributed by atoms with E-state index in [2.05, 4.69) is 17.6 Å².